The van der Waals surface area contributed by atoms with E-state index in [1.165, 1.54) is 38.5 Å². The van der Waals surface area contributed by atoms with Crippen LogP contribution >= 0.6 is 0 Å². The van der Waals surface area contributed by atoms with Gasteiger partial charge < -0.3 is 5.11 Å². The molecular weight excluding hydrogens is 236 g/mol. The monoisotopic (exact) mass is 262 g/mol. The number of rotatable bonds is 9. The molecule has 1 N–H and O–H groups in total. The van der Waals surface area contributed by atoms with Gasteiger partial charge in [0.2, 0.25) is 0 Å². The lowest BCUT2D eigenvalue weighted by Gasteiger charge is -2.05. The van der Waals surface area contributed by atoms with E-state index in [-0.39, 0.29) is 0 Å². The smallest absolute Gasteiger partial charge is 0.335 e. The van der Waals surface area contributed by atoms with Crippen LogP contribution in [-0.4, -0.2) is 11.1 Å². The highest BCUT2D eigenvalue weighted by atomic mass is 16.4. The van der Waals surface area contributed by atoms with Gasteiger partial charge in [0.1, 0.15) is 0 Å². The first-order valence-corrected chi connectivity index (χ1v) is 7.47. The summed E-state index contributed by atoms with van der Waals surface area (Å²) in [6.45, 7) is 4.19. The van der Waals surface area contributed by atoms with E-state index in [9.17, 15) is 4.79 Å². The zero-order chi connectivity index (χ0) is 14.1. The summed E-state index contributed by atoms with van der Waals surface area (Å²) >= 11 is 0. The Hall–Kier alpha value is -1.31. The molecule has 2 nitrogen and oxygen atoms in total. The third-order valence-corrected chi connectivity index (χ3v) is 3.45. The summed E-state index contributed by atoms with van der Waals surface area (Å²) < 4.78 is 0. The number of hydrogen-bond acceptors (Lipinski definition) is 1. The minimum absolute atomic E-state index is 0.415. The fraction of sp³-hybridized carbons (Fsp3) is 0.588. The molecule has 0 saturated carbocycles. The van der Waals surface area contributed by atoms with Crippen molar-refractivity contribution in [3.05, 3.63) is 34.9 Å². The molecule has 0 amide bonds. The van der Waals surface area contributed by atoms with Crippen LogP contribution < -0.4 is 0 Å². The Morgan fingerprint density at radius 2 is 1.63 bits per heavy atom. The Balaban J connectivity index is 2.31. The molecule has 0 fully saturated rings. The van der Waals surface area contributed by atoms with Crippen LogP contribution in [0.3, 0.4) is 0 Å². The maximum atomic E-state index is 11.0. The van der Waals surface area contributed by atoms with Gasteiger partial charge in [0, 0.05) is 0 Å². The molecule has 106 valence electrons. The number of hydrogen-bond donors (Lipinski definition) is 1. The molecule has 1 aromatic rings. The Morgan fingerprint density at radius 1 is 1.00 bits per heavy atom. The number of unbranched alkanes of at least 4 members (excludes halogenated alkanes) is 6. The standard InChI is InChI=1S/C17H26O2/c1-3-4-5-6-7-8-9-10-15-11-14(2)12-16(13-15)17(18)19/h11-13H,3-10H2,1-2H3,(H,18,19). The number of aryl methyl sites for hydroxylation is 2. The average Bonchev–Trinajstić information content (AvgIpc) is 2.37. The molecule has 0 heterocycles. The average molecular weight is 262 g/mol. The van der Waals surface area contributed by atoms with E-state index >= 15 is 0 Å². The van der Waals surface area contributed by atoms with Gasteiger partial charge in [-0.2, -0.15) is 0 Å². The van der Waals surface area contributed by atoms with Gasteiger partial charge in [0.05, 0.1) is 5.56 Å². The van der Waals surface area contributed by atoms with Crippen LogP contribution in [0.5, 0.6) is 0 Å². The van der Waals surface area contributed by atoms with Crippen molar-refractivity contribution >= 4 is 5.97 Å². The van der Waals surface area contributed by atoms with Crippen LogP contribution in [-0.2, 0) is 6.42 Å². The fourth-order valence-electron chi connectivity index (χ4n) is 2.42. The van der Waals surface area contributed by atoms with Crippen LogP contribution in [0.1, 0.15) is 73.4 Å². The number of aromatic carboxylic acids is 1. The molecule has 1 rings (SSSR count). The van der Waals surface area contributed by atoms with Gasteiger partial charge in [-0.3, -0.25) is 0 Å². The second-order valence-corrected chi connectivity index (χ2v) is 5.38. The van der Waals surface area contributed by atoms with Crippen molar-refractivity contribution in [2.45, 2.75) is 65.2 Å². The Labute approximate surface area is 116 Å². The number of carboxylic acids is 1. The molecule has 19 heavy (non-hydrogen) atoms. The molecule has 0 unspecified atom stereocenters. The molecule has 2 heteroatoms. The molecule has 0 aliphatic rings. The maximum Gasteiger partial charge on any atom is 0.335 e. The first kappa shape index (κ1) is 15.7. The van der Waals surface area contributed by atoms with Crippen molar-refractivity contribution in [2.75, 3.05) is 0 Å². The highest BCUT2D eigenvalue weighted by Crippen LogP contribution is 2.14. The first-order chi connectivity index (χ1) is 9.13. The lowest BCUT2D eigenvalue weighted by atomic mass is 10.0. The molecule has 0 radical (unpaired) electrons. The lowest BCUT2D eigenvalue weighted by molar-refractivity contribution is 0.0696. The summed E-state index contributed by atoms with van der Waals surface area (Å²) in [6.07, 6.45) is 10.0. The van der Waals surface area contributed by atoms with E-state index in [1.54, 1.807) is 6.07 Å². The van der Waals surface area contributed by atoms with Gasteiger partial charge in [-0.15, -0.1) is 0 Å². The molecule has 0 atom stereocenters. The second-order valence-electron chi connectivity index (χ2n) is 5.38. The zero-order valence-corrected chi connectivity index (χ0v) is 12.2. The highest BCUT2D eigenvalue weighted by Gasteiger charge is 2.05. The third kappa shape index (κ3) is 6.42. The van der Waals surface area contributed by atoms with Crippen LogP contribution in [0.25, 0.3) is 0 Å². The SMILES string of the molecule is CCCCCCCCCc1cc(C)cc(C(=O)O)c1. The quantitative estimate of drug-likeness (QED) is 0.637. The van der Waals surface area contributed by atoms with Crippen LogP contribution in [0.4, 0.5) is 0 Å². The Bertz CT molecular complexity index is 396. The first-order valence-electron chi connectivity index (χ1n) is 7.47. The normalized spacial score (nSPS) is 10.6. The van der Waals surface area contributed by atoms with E-state index in [0.29, 0.717) is 5.56 Å². The van der Waals surface area contributed by atoms with Crippen molar-refractivity contribution in [1.82, 2.24) is 0 Å². The third-order valence-electron chi connectivity index (χ3n) is 3.45. The largest absolute Gasteiger partial charge is 0.478 e. The highest BCUT2D eigenvalue weighted by molar-refractivity contribution is 5.88. The van der Waals surface area contributed by atoms with E-state index in [1.807, 2.05) is 13.0 Å². The van der Waals surface area contributed by atoms with Gasteiger partial charge in [-0.05, 0) is 37.5 Å². The minimum Gasteiger partial charge on any atom is -0.478 e. The predicted octanol–water partition coefficient (Wildman–Crippen LogP) is 4.99. The fourth-order valence-corrected chi connectivity index (χ4v) is 2.42. The van der Waals surface area contributed by atoms with Crippen LogP contribution in [0.15, 0.2) is 18.2 Å². The number of carbonyl (C=O) groups is 1. The summed E-state index contributed by atoms with van der Waals surface area (Å²) in [5, 5.41) is 9.03. The number of carboxylic acid groups (broad SMARTS) is 1. The van der Waals surface area contributed by atoms with Crippen LogP contribution in [0.2, 0.25) is 0 Å². The maximum absolute atomic E-state index is 11.0. The summed E-state index contributed by atoms with van der Waals surface area (Å²) in [6, 6.07) is 5.65. The van der Waals surface area contributed by atoms with Crippen molar-refractivity contribution in [1.29, 1.82) is 0 Å². The zero-order valence-electron chi connectivity index (χ0n) is 12.2. The van der Waals surface area contributed by atoms with Gasteiger partial charge >= 0.3 is 5.97 Å². The van der Waals surface area contributed by atoms with Gasteiger partial charge in [0.15, 0.2) is 0 Å². The molecule has 0 spiro atoms. The summed E-state index contributed by atoms with van der Waals surface area (Å²) in [5.41, 5.74) is 2.61. The molecule has 1 aromatic carbocycles. The summed E-state index contributed by atoms with van der Waals surface area (Å²) in [7, 11) is 0. The summed E-state index contributed by atoms with van der Waals surface area (Å²) in [4.78, 5) is 11.0. The molecular formula is C17H26O2. The molecule has 0 saturated heterocycles. The van der Waals surface area contributed by atoms with E-state index in [2.05, 4.69) is 13.0 Å². The minimum atomic E-state index is -0.829. The van der Waals surface area contributed by atoms with Gasteiger partial charge in [-0.1, -0.05) is 57.1 Å². The Kier molecular flexibility index (Phi) is 7.24. The van der Waals surface area contributed by atoms with Crippen LogP contribution in [0, 0.1) is 6.92 Å². The lowest BCUT2D eigenvalue weighted by Crippen LogP contribution is -1.99. The number of benzene rings is 1. The predicted molar refractivity (Wildman–Crippen MR) is 79.8 cm³/mol. The topological polar surface area (TPSA) is 37.3 Å². The van der Waals surface area contributed by atoms with Gasteiger partial charge in [-0.25, -0.2) is 4.79 Å². The molecule has 0 aliphatic carbocycles. The summed E-state index contributed by atoms with van der Waals surface area (Å²) in [5.74, 6) is -0.829. The molecule has 0 aromatic heterocycles. The van der Waals surface area contributed by atoms with E-state index in [4.69, 9.17) is 5.11 Å². The Morgan fingerprint density at radius 3 is 2.26 bits per heavy atom. The van der Waals surface area contributed by atoms with E-state index < -0.39 is 5.97 Å². The van der Waals surface area contributed by atoms with Crippen molar-refractivity contribution in [3.63, 3.8) is 0 Å². The van der Waals surface area contributed by atoms with E-state index in [0.717, 1.165) is 24.0 Å². The second kappa shape index (κ2) is 8.73. The van der Waals surface area contributed by atoms with Crippen molar-refractivity contribution < 1.29 is 9.90 Å². The molecule has 0 bridgehead atoms. The van der Waals surface area contributed by atoms with Crippen molar-refractivity contribution in [3.8, 4) is 0 Å². The molecule has 0 aliphatic heterocycles. The van der Waals surface area contributed by atoms with Gasteiger partial charge in [0.25, 0.3) is 0 Å². The van der Waals surface area contributed by atoms with Crippen molar-refractivity contribution in [2.24, 2.45) is 0 Å².